The predicted octanol–water partition coefficient (Wildman–Crippen LogP) is 3.28. The molecule has 2 rings (SSSR count). The smallest absolute Gasteiger partial charge is 0.0386 e. The molecule has 0 radical (unpaired) electrons. The van der Waals surface area contributed by atoms with Crippen LogP contribution in [0, 0.1) is 0 Å². The van der Waals surface area contributed by atoms with Crippen LogP contribution in [-0.4, -0.2) is 5.75 Å². The zero-order valence-corrected chi connectivity index (χ0v) is 7.21. The summed E-state index contributed by atoms with van der Waals surface area (Å²) in [6.45, 7) is 0. The number of aryl methyl sites for hydroxylation is 1. The Labute approximate surface area is 74.4 Å². The highest BCUT2D eigenvalue weighted by Gasteiger charge is 2.10. The van der Waals surface area contributed by atoms with Crippen molar-refractivity contribution in [1.29, 1.82) is 0 Å². The summed E-state index contributed by atoms with van der Waals surface area (Å²) in [6, 6.07) is 5.86. The van der Waals surface area contributed by atoms with E-state index in [0.29, 0.717) is 5.69 Å². The Balaban J connectivity index is 2.45. The molecule has 0 spiro atoms. The largest absolute Gasteiger partial charge is 0.126 e. The van der Waals surface area contributed by atoms with E-state index in [4.69, 9.17) is 5.53 Å². The molecule has 1 heterocycles. The molecule has 1 aliphatic rings. The average Bonchev–Trinajstić information content (AvgIpc) is 2.51. The van der Waals surface area contributed by atoms with Crippen LogP contribution in [-0.2, 0) is 6.42 Å². The second-order valence-corrected chi connectivity index (χ2v) is 3.72. The minimum atomic E-state index is 0.714. The van der Waals surface area contributed by atoms with E-state index >= 15 is 0 Å². The molecule has 0 bridgehead atoms. The molecule has 0 unspecified atom stereocenters. The molecule has 0 atom stereocenters. The average molecular weight is 177 g/mol. The number of benzene rings is 1. The Hall–Kier alpha value is -1.12. The Kier molecular flexibility index (Phi) is 1.94. The number of hydrogen-bond acceptors (Lipinski definition) is 2. The SMILES string of the molecule is [N-]=[N+]=Nc1ccc2c(c1)SCC2. The van der Waals surface area contributed by atoms with Crippen LogP contribution in [0.2, 0.25) is 0 Å². The van der Waals surface area contributed by atoms with Gasteiger partial charge >= 0.3 is 0 Å². The Morgan fingerprint density at radius 3 is 3.25 bits per heavy atom. The Morgan fingerprint density at radius 1 is 1.50 bits per heavy atom. The lowest BCUT2D eigenvalue weighted by Gasteiger charge is -1.97. The summed E-state index contributed by atoms with van der Waals surface area (Å²) in [5.41, 5.74) is 10.3. The first-order valence-electron chi connectivity index (χ1n) is 3.71. The first-order valence-corrected chi connectivity index (χ1v) is 4.69. The molecule has 3 nitrogen and oxygen atoms in total. The third-order valence-electron chi connectivity index (χ3n) is 1.84. The van der Waals surface area contributed by atoms with Gasteiger partial charge in [-0.3, -0.25) is 0 Å². The minimum Gasteiger partial charge on any atom is -0.126 e. The molecular weight excluding hydrogens is 170 g/mol. The summed E-state index contributed by atoms with van der Waals surface area (Å²) < 4.78 is 0. The second kappa shape index (κ2) is 3.09. The lowest BCUT2D eigenvalue weighted by Crippen LogP contribution is -1.77. The summed E-state index contributed by atoms with van der Waals surface area (Å²) in [5.74, 6) is 1.15. The molecule has 0 fully saturated rings. The van der Waals surface area contributed by atoms with E-state index < -0.39 is 0 Å². The maximum Gasteiger partial charge on any atom is 0.0386 e. The van der Waals surface area contributed by atoms with E-state index in [1.54, 1.807) is 0 Å². The van der Waals surface area contributed by atoms with Crippen LogP contribution >= 0.6 is 11.8 Å². The van der Waals surface area contributed by atoms with Gasteiger partial charge in [0.05, 0.1) is 0 Å². The van der Waals surface area contributed by atoms with Gasteiger partial charge in [-0.25, -0.2) is 0 Å². The molecule has 12 heavy (non-hydrogen) atoms. The van der Waals surface area contributed by atoms with Crippen molar-refractivity contribution in [3.05, 3.63) is 34.2 Å². The van der Waals surface area contributed by atoms with E-state index in [1.807, 2.05) is 30.0 Å². The predicted molar refractivity (Wildman–Crippen MR) is 49.7 cm³/mol. The molecule has 0 aromatic heterocycles. The number of nitrogens with zero attached hydrogens (tertiary/aromatic N) is 3. The second-order valence-electron chi connectivity index (χ2n) is 2.58. The fourth-order valence-electron chi connectivity index (χ4n) is 1.27. The highest BCUT2D eigenvalue weighted by molar-refractivity contribution is 7.99. The maximum absolute atomic E-state index is 8.22. The van der Waals surface area contributed by atoms with Crippen LogP contribution in [0.25, 0.3) is 10.4 Å². The van der Waals surface area contributed by atoms with E-state index in [2.05, 4.69) is 10.0 Å². The van der Waals surface area contributed by atoms with Gasteiger partial charge in [-0.2, -0.15) is 0 Å². The van der Waals surface area contributed by atoms with Gasteiger partial charge in [0, 0.05) is 21.2 Å². The van der Waals surface area contributed by atoms with Crippen molar-refractivity contribution in [3.8, 4) is 0 Å². The molecule has 0 aliphatic carbocycles. The van der Waals surface area contributed by atoms with Gasteiger partial charge < -0.3 is 0 Å². The fourth-order valence-corrected chi connectivity index (χ4v) is 2.37. The molecule has 0 amide bonds. The van der Waals surface area contributed by atoms with Crippen molar-refractivity contribution in [2.75, 3.05) is 5.75 Å². The Bertz CT molecular complexity index is 355. The highest BCUT2D eigenvalue weighted by Crippen LogP contribution is 2.33. The normalized spacial score (nSPS) is 13.7. The van der Waals surface area contributed by atoms with Crippen molar-refractivity contribution >= 4 is 17.4 Å². The van der Waals surface area contributed by atoms with Gasteiger partial charge in [0.1, 0.15) is 0 Å². The maximum atomic E-state index is 8.22. The quantitative estimate of drug-likeness (QED) is 0.369. The molecule has 0 saturated heterocycles. The summed E-state index contributed by atoms with van der Waals surface area (Å²) in [7, 11) is 0. The fraction of sp³-hybridized carbons (Fsp3) is 0.250. The molecule has 60 valence electrons. The number of thioether (sulfide) groups is 1. The minimum absolute atomic E-state index is 0.714. The molecule has 0 N–H and O–H groups in total. The Morgan fingerprint density at radius 2 is 2.42 bits per heavy atom. The lowest BCUT2D eigenvalue weighted by molar-refractivity contribution is 1.14. The molecular formula is C8H7N3S. The topological polar surface area (TPSA) is 48.8 Å². The molecule has 0 saturated carbocycles. The van der Waals surface area contributed by atoms with Crippen LogP contribution in [0.4, 0.5) is 5.69 Å². The summed E-state index contributed by atoms with van der Waals surface area (Å²) in [5, 5.41) is 3.55. The van der Waals surface area contributed by atoms with Crippen LogP contribution in [0.15, 0.2) is 28.2 Å². The van der Waals surface area contributed by atoms with Gasteiger partial charge in [0.2, 0.25) is 0 Å². The van der Waals surface area contributed by atoms with E-state index in [1.165, 1.54) is 10.5 Å². The monoisotopic (exact) mass is 177 g/mol. The molecule has 1 aromatic carbocycles. The zero-order valence-electron chi connectivity index (χ0n) is 6.40. The van der Waals surface area contributed by atoms with E-state index in [9.17, 15) is 0 Å². The van der Waals surface area contributed by atoms with Crippen molar-refractivity contribution in [2.24, 2.45) is 5.11 Å². The third kappa shape index (κ3) is 1.26. The van der Waals surface area contributed by atoms with Crippen LogP contribution in [0.1, 0.15) is 5.56 Å². The molecule has 1 aromatic rings. The number of hydrogen-bond donors (Lipinski definition) is 0. The van der Waals surface area contributed by atoms with Crippen LogP contribution in [0.5, 0.6) is 0 Å². The lowest BCUT2D eigenvalue weighted by atomic mass is 10.2. The van der Waals surface area contributed by atoms with Gasteiger partial charge in [0.25, 0.3) is 0 Å². The van der Waals surface area contributed by atoms with Crippen molar-refractivity contribution < 1.29 is 0 Å². The van der Waals surface area contributed by atoms with Gasteiger partial charge in [0.15, 0.2) is 0 Å². The zero-order chi connectivity index (χ0) is 8.39. The number of fused-ring (bicyclic) bond motifs is 1. The van der Waals surface area contributed by atoms with Crippen molar-refractivity contribution in [1.82, 2.24) is 0 Å². The first-order chi connectivity index (χ1) is 5.90. The number of rotatable bonds is 1. The highest BCUT2D eigenvalue weighted by atomic mass is 32.2. The molecule has 1 aliphatic heterocycles. The molecule has 4 heteroatoms. The summed E-state index contributed by atoms with van der Waals surface area (Å²) in [4.78, 5) is 4.01. The van der Waals surface area contributed by atoms with Crippen molar-refractivity contribution in [2.45, 2.75) is 11.3 Å². The first kappa shape index (κ1) is 7.53. The van der Waals surface area contributed by atoms with Gasteiger partial charge in [-0.15, -0.1) is 11.8 Å². The van der Waals surface area contributed by atoms with E-state index in [-0.39, 0.29) is 0 Å². The van der Waals surface area contributed by atoms with Crippen LogP contribution in [0.3, 0.4) is 0 Å². The third-order valence-corrected chi connectivity index (χ3v) is 2.94. The van der Waals surface area contributed by atoms with Crippen LogP contribution < -0.4 is 0 Å². The van der Waals surface area contributed by atoms with E-state index in [0.717, 1.165) is 12.2 Å². The summed E-state index contributed by atoms with van der Waals surface area (Å²) >= 11 is 1.82. The van der Waals surface area contributed by atoms with Gasteiger partial charge in [-0.05, 0) is 23.6 Å². The standard InChI is InChI=1S/C8H7N3S/c9-11-10-7-2-1-6-3-4-12-8(6)5-7/h1-2,5H,3-4H2. The number of azide groups is 1. The van der Waals surface area contributed by atoms with Crippen molar-refractivity contribution in [3.63, 3.8) is 0 Å². The van der Waals surface area contributed by atoms with Gasteiger partial charge in [-0.1, -0.05) is 17.2 Å². The summed E-state index contributed by atoms with van der Waals surface area (Å²) in [6.07, 6.45) is 1.14.